The Morgan fingerprint density at radius 2 is 2.32 bits per heavy atom. The van der Waals surface area contributed by atoms with E-state index in [9.17, 15) is 13.2 Å². The zero-order valence-corrected chi connectivity index (χ0v) is 11.7. The Bertz CT molecular complexity index is 567. The van der Waals surface area contributed by atoms with E-state index in [1.54, 1.807) is 0 Å². The van der Waals surface area contributed by atoms with E-state index in [1.165, 1.54) is 17.2 Å². The van der Waals surface area contributed by atoms with Gasteiger partial charge >= 0.3 is 0 Å². The van der Waals surface area contributed by atoms with Gasteiger partial charge in [0.1, 0.15) is 0 Å². The lowest BCUT2D eigenvalue weighted by atomic mass is 10.2. The molecule has 1 aromatic heterocycles. The number of aliphatic hydroxyl groups is 1. The Balaban J connectivity index is 2.21. The van der Waals surface area contributed by atoms with E-state index in [2.05, 4.69) is 0 Å². The lowest BCUT2D eigenvalue weighted by Crippen LogP contribution is -2.42. The van der Waals surface area contributed by atoms with Crippen molar-refractivity contribution in [2.24, 2.45) is 0 Å². The Morgan fingerprint density at radius 1 is 1.58 bits per heavy atom. The fourth-order valence-corrected chi connectivity index (χ4v) is 4.11. The summed E-state index contributed by atoms with van der Waals surface area (Å²) in [5.41, 5.74) is 0.180. The minimum atomic E-state index is -3.10. The Hall–Kier alpha value is -1.05. The van der Waals surface area contributed by atoms with Gasteiger partial charge in [-0.1, -0.05) is 0 Å². The highest BCUT2D eigenvalue weighted by Crippen LogP contribution is 2.23. The smallest absolute Gasteiger partial charge is 0.259 e. The van der Waals surface area contributed by atoms with Gasteiger partial charge in [0.25, 0.3) is 5.91 Å². The van der Waals surface area contributed by atoms with Crippen molar-refractivity contribution in [2.75, 3.05) is 24.7 Å². The van der Waals surface area contributed by atoms with Crippen molar-refractivity contribution < 1.29 is 22.7 Å². The number of halogens is 1. The number of sulfone groups is 1. The molecule has 0 spiro atoms. The van der Waals surface area contributed by atoms with E-state index in [-0.39, 0.29) is 35.4 Å². The van der Waals surface area contributed by atoms with Gasteiger partial charge in [0.15, 0.2) is 9.84 Å². The quantitative estimate of drug-likeness (QED) is 0.878. The molecule has 0 aliphatic carbocycles. The summed E-state index contributed by atoms with van der Waals surface area (Å²) in [7, 11) is -3.10. The Labute approximate surface area is 115 Å². The third-order valence-electron chi connectivity index (χ3n) is 3.10. The number of furan rings is 1. The maximum atomic E-state index is 12.3. The van der Waals surface area contributed by atoms with Crippen LogP contribution in [0.2, 0.25) is 5.22 Å². The molecular weight excluding hydrogens is 294 g/mol. The predicted molar refractivity (Wildman–Crippen MR) is 68.9 cm³/mol. The van der Waals surface area contributed by atoms with E-state index >= 15 is 0 Å². The first-order chi connectivity index (χ1) is 8.94. The van der Waals surface area contributed by atoms with Crippen molar-refractivity contribution in [3.05, 3.63) is 23.1 Å². The van der Waals surface area contributed by atoms with Crippen LogP contribution < -0.4 is 0 Å². The second kappa shape index (κ2) is 5.52. The average molecular weight is 308 g/mol. The van der Waals surface area contributed by atoms with Gasteiger partial charge in [-0.25, -0.2) is 8.42 Å². The monoisotopic (exact) mass is 307 g/mol. The molecule has 0 saturated carbocycles. The molecule has 1 aliphatic rings. The lowest BCUT2D eigenvalue weighted by Gasteiger charge is -2.27. The summed E-state index contributed by atoms with van der Waals surface area (Å²) < 4.78 is 27.8. The minimum absolute atomic E-state index is 0.0335. The summed E-state index contributed by atoms with van der Waals surface area (Å²) in [6, 6.07) is 1.01. The van der Waals surface area contributed by atoms with Gasteiger partial charge in [-0.15, -0.1) is 0 Å². The molecule has 6 nitrogen and oxygen atoms in total. The highest BCUT2D eigenvalue weighted by atomic mass is 35.5. The van der Waals surface area contributed by atoms with Crippen molar-refractivity contribution in [1.29, 1.82) is 0 Å². The maximum absolute atomic E-state index is 12.3. The number of hydrogen-bond acceptors (Lipinski definition) is 5. The van der Waals surface area contributed by atoms with Crippen molar-refractivity contribution in [3.63, 3.8) is 0 Å². The van der Waals surface area contributed by atoms with Crippen LogP contribution in [0.15, 0.2) is 16.7 Å². The number of aliphatic hydroxyl groups excluding tert-OH is 1. The van der Waals surface area contributed by atoms with Crippen LogP contribution in [0.4, 0.5) is 0 Å². The van der Waals surface area contributed by atoms with Crippen LogP contribution in [0.1, 0.15) is 16.8 Å². The van der Waals surface area contributed by atoms with E-state index in [0.29, 0.717) is 6.42 Å². The number of carbonyl (C=O) groups excluding carboxylic acids is 1. The summed E-state index contributed by atoms with van der Waals surface area (Å²) in [4.78, 5) is 13.6. The second-order valence-electron chi connectivity index (χ2n) is 4.39. The van der Waals surface area contributed by atoms with Crippen LogP contribution in [-0.2, 0) is 9.84 Å². The summed E-state index contributed by atoms with van der Waals surface area (Å²) >= 11 is 5.75. The van der Waals surface area contributed by atoms with Gasteiger partial charge in [0.2, 0.25) is 5.22 Å². The topological polar surface area (TPSA) is 87.8 Å². The molecular formula is C11H14ClNO5S. The molecule has 8 heteroatoms. The molecule has 1 unspecified atom stereocenters. The SMILES string of the molecule is O=C(c1ccoc1Cl)N(CCO)C1CCS(=O)(=O)C1. The molecule has 1 N–H and O–H groups in total. The fraction of sp³-hybridized carbons (Fsp3) is 0.545. The normalized spacial score (nSPS) is 21.5. The number of amides is 1. The lowest BCUT2D eigenvalue weighted by molar-refractivity contribution is 0.0655. The average Bonchev–Trinajstić information content (AvgIpc) is 2.91. The fourth-order valence-electron chi connectivity index (χ4n) is 2.18. The van der Waals surface area contributed by atoms with Gasteiger partial charge in [-0.2, -0.15) is 0 Å². The molecule has 1 amide bonds. The molecule has 2 heterocycles. The number of nitrogens with zero attached hydrogens (tertiary/aromatic N) is 1. The summed E-state index contributed by atoms with van der Waals surface area (Å²) in [6.45, 7) is -0.168. The third kappa shape index (κ3) is 3.10. The molecule has 1 saturated heterocycles. The van der Waals surface area contributed by atoms with Crippen LogP contribution in [0, 0.1) is 0 Å². The van der Waals surface area contributed by atoms with E-state index in [4.69, 9.17) is 21.1 Å². The molecule has 1 fully saturated rings. The van der Waals surface area contributed by atoms with E-state index in [1.807, 2.05) is 0 Å². The van der Waals surface area contributed by atoms with Crippen LogP contribution in [0.3, 0.4) is 0 Å². The molecule has 1 aromatic rings. The summed E-state index contributed by atoms with van der Waals surface area (Å²) in [5.74, 6) is -0.435. The predicted octanol–water partition coefficient (Wildman–Crippen LogP) is 0.555. The van der Waals surface area contributed by atoms with Gasteiger partial charge < -0.3 is 14.4 Å². The van der Waals surface area contributed by atoms with E-state index < -0.39 is 21.8 Å². The number of rotatable bonds is 4. The highest BCUT2D eigenvalue weighted by Gasteiger charge is 2.35. The highest BCUT2D eigenvalue weighted by molar-refractivity contribution is 7.91. The number of hydrogen-bond donors (Lipinski definition) is 1. The van der Waals surface area contributed by atoms with Gasteiger partial charge in [-0.05, 0) is 24.1 Å². The molecule has 0 bridgehead atoms. The first-order valence-corrected chi connectivity index (χ1v) is 8.00. The molecule has 0 aromatic carbocycles. The van der Waals surface area contributed by atoms with Crippen LogP contribution in [-0.4, -0.2) is 55.0 Å². The van der Waals surface area contributed by atoms with Gasteiger partial charge in [-0.3, -0.25) is 4.79 Å². The van der Waals surface area contributed by atoms with Gasteiger partial charge in [0, 0.05) is 12.6 Å². The minimum Gasteiger partial charge on any atom is -0.452 e. The third-order valence-corrected chi connectivity index (χ3v) is 5.14. The van der Waals surface area contributed by atoms with Crippen molar-refractivity contribution >= 4 is 27.3 Å². The van der Waals surface area contributed by atoms with Crippen molar-refractivity contribution in [1.82, 2.24) is 4.90 Å². The van der Waals surface area contributed by atoms with Crippen molar-refractivity contribution in [3.8, 4) is 0 Å². The summed E-state index contributed by atoms with van der Waals surface area (Å²) in [5, 5.41) is 9.01. The zero-order chi connectivity index (χ0) is 14.0. The standard InChI is InChI=1S/C11H14ClNO5S/c12-10-9(1-5-18-10)11(15)13(3-4-14)8-2-6-19(16,17)7-8/h1,5,8,14H,2-4,6-7H2. The molecule has 2 rings (SSSR count). The second-order valence-corrected chi connectivity index (χ2v) is 6.96. The molecule has 0 radical (unpaired) electrons. The summed E-state index contributed by atoms with van der Waals surface area (Å²) in [6.07, 6.45) is 1.67. The largest absolute Gasteiger partial charge is 0.452 e. The van der Waals surface area contributed by atoms with Crippen LogP contribution in [0.5, 0.6) is 0 Å². The van der Waals surface area contributed by atoms with Gasteiger partial charge in [0.05, 0.1) is 29.9 Å². The molecule has 19 heavy (non-hydrogen) atoms. The van der Waals surface area contributed by atoms with Crippen LogP contribution >= 0.6 is 11.6 Å². The molecule has 106 valence electrons. The zero-order valence-electron chi connectivity index (χ0n) is 10.1. The first kappa shape index (κ1) is 14.4. The molecule has 1 aliphatic heterocycles. The first-order valence-electron chi connectivity index (χ1n) is 5.80. The van der Waals surface area contributed by atoms with Crippen LogP contribution in [0.25, 0.3) is 0 Å². The Kier molecular flexibility index (Phi) is 4.17. The maximum Gasteiger partial charge on any atom is 0.259 e. The molecule has 1 atom stereocenters. The Morgan fingerprint density at radius 3 is 2.79 bits per heavy atom. The van der Waals surface area contributed by atoms with Crippen molar-refractivity contribution in [2.45, 2.75) is 12.5 Å². The number of carbonyl (C=O) groups is 1. The van der Waals surface area contributed by atoms with E-state index in [0.717, 1.165) is 0 Å².